The van der Waals surface area contributed by atoms with E-state index < -0.39 is 11.9 Å². The van der Waals surface area contributed by atoms with E-state index in [2.05, 4.69) is 10.6 Å². The van der Waals surface area contributed by atoms with Crippen LogP contribution in [-0.2, 0) is 14.3 Å². The number of hydrogen-bond acceptors (Lipinski definition) is 4. The fourth-order valence-electron chi connectivity index (χ4n) is 1.98. The van der Waals surface area contributed by atoms with Gasteiger partial charge in [0.2, 0.25) is 0 Å². The highest BCUT2D eigenvalue weighted by Gasteiger charge is 2.25. The molecule has 0 saturated carbocycles. The predicted octanol–water partition coefficient (Wildman–Crippen LogP) is 0.758. The number of carboxylic acid groups (broad SMARTS) is 1. The van der Waals surface area contributed by atoms with Crippen molar-refractivity contribution in [3.8, 4) is 0 Å². The van der Waals surface area contributed by atoms with Crippen molar-refractivity contribution in [1.82, 2.24) is 10.6 Å². The summed E-state index contributed by atoms with van der Waals surface area (Å²) in [6.45, 7) is 2.40. The van der Waals surface area contributed by atoms with Crippen molar-refractivity contribution in [3.63, 3.8) is 0 Å². The number of hydrogen-bond donors (Lipinski definition) is 3. The largest absolute Gasteiger partial charge is 0.481 e. The summed E-state index contributed by atoms with van der Waals surface area (Å²) in [7, 11) is 1.63. The molecule has 0 fully saturated rings. The lowest BCUT2D eigenvalue weighted by Crippen LogP contribution is -2.41. The van der Waals surface area contributed by atoms with E-state index in [0.717, 1.165) is 12.8 Å². The van der Waals surface area contributed by atoms with Crippen molar-refractivity contribution in [2.75, 3.05) is 33.5 Å². The summed E-state index contributed by atoms with van der Waals surface area (Å²) in [6.07, 6.45) is 5.45. The van der Waals surface area contributed by atoms with Crippen LogP contribution in [0.4, 0.5) is 4.79 Å². The topological polar surface area (TPSA) is 96.9 Å². The molecule has 7 nitrogen and oxygen atoms in total. The zero-order chi connectivity index (χ0) is 15.5. The number of urea groups is 1. The van der Waals surface area contributed by atoms with E-state index in [1.54, 1.807) is 19.3 Å². The Morgan fingerprint density at radius 3 is 2.71 bits per heavy atom. The van der Waals surface area contributed by atoms with Gasteiger partial charge in [-0.2, -0.15) is 0 Å². The average molecular weight is 300 g/mol. The van der Waals surface area contributed by atoms with Gasteiger partial charge in [-0.15, -0.1) is 0 Å². The van der Waals surface area contributed by atoms with Gasteiger partial charge < -0.3 is 25.2 Å². The maximum atomic E-state index is 11.6. The molecule has 1 aliphatic carbocycles. The first kappa shape index (κ1) is 17.5. The molecule has 3 N–H and O–H groups in total. The van der Waals surface area contributed by atoms with Gasteiger partial charge in [-0.05, 0) is 19.3 Å². The first-order valence-corrected chi connectivity index (χ1v) is 7.15. The number of amides is 2. The monoisotopic (exact) mass is 300 g/mol. The van der Waals surface area contributed by atoms with Gasteiger partial charge in [0, 0.05) is 20.3 Å². The molecule has 120 valence electrons. The number of aliphatic carboxylic acids is 1. The molecule has 2 atom stereocenters. The van der Waals surface area contributed by atoms with E-state index in [1.807, 2.05) is 0 Å². The molecule has 0 spiro atoms. The van der Waals surface area contributed by atoms with Crippen molar-refractivity contribution in [2.45, 2.75) is 25.3 Å². The summed E-state index contributed by atoms with van der Waals surface area (Å²) in [6, 6.07) is -0.473. The molecule has 1 aliphatic rings. The summed E-state index contributed by atoms with van der Waals surface area (Å²) < 4.78 is 10.2. The molecule has 7 heteroatoms. The van der Waals surface area contributed by atoms with Gasteiger partial charge >= 0.3 is 12.0 Å². The van der Waals surface area contributed by atoms with Crippen LogP contribution in [0.25, 0.3) is 0 Å². The fourth-order valence-corrected chi connectivity index (χ4v) is 1.98. The second kappa shape index (κ2) is 10.2. The average Bonchev–Trinajstić information content (AvgIpc) is 2.90. The standard InChI is InChI=1S/C14H24N2O5/c1-20-8-9-21-7-3-2-6-15-14(19)16-12-5-4-11(10-12)13(17)18/h4-5,11-12H,2-3,6-10H2,1H3,(H,17,18)(H2,15,16,19). The van der Waals surface area contributed by atoms with E-state index in [9.17, 15) is 9.59 Å². The van der Waals surface area contributed by atoms with E-state index in [-0.39, 0.29) is 12.1 Å². The molecule has 0 radical (unpaired) electrons. The summed E-state index contributed by atoms with van der Waals surface area (Å²) in [5.74, 6) is -1.36. The third-order valence-corrected chi connectivity index (χ3v) is 3.15. The fraction of sp³-hybridized carbons (Fsp3) is 0.714. The molecule has 1 rings (SSSR count). The van der Waals surface area contributed by atoms with Crippen LogP contribution in [0.2, 0.25) is 0 Å². The minimum absolute atomic E-state index is 0.205. The summed E-state index contributed by atoms with van der Waals surface area (Å²) in [4.78, 5) is 22.4. The van der Waals surface area contributed by atoms with E-state index in [1.165, 1.54) is 0 Å². The highest BCUT2D eigenvalue weighted by molar-refractivity contribution is 5.76. The van der Waals surface area contributed by atoms with Crippen LogP contribution in [-0.4, -0.2) is 56.6 Å². The van der Waals surface area contributed by atoms with Crippen LogP contribution in [0.3, 0.4) is 0 Å². The number of methoxy groups -OCH3 is 1. The smallest absolute Gasteiger partial charge is 0.315 e. The molecule has 0 aromatic heterocycles. The molecular formula is C14H24N2O5. The van der Waals surface area contributed by atoms with E-state index >= 15 is 0 Å². The quantitative estimate of drug-likeness (QED) is 0.409. The van der Waals surface area contributed by atoms with Crippen LogP contribution in [0.1, 0.15) is 19.3 Å². The Bertz CT molecular complexity index is 359. The molecule has 2 unspecified atom stereocenters. The molecule has 0 saturated heterocycles. The number of nitrogens with one attached hydrogen (secondary N) is 2. The Morgan fingerprint density at radius 1 is 1.24 bits per heavy atom. The molecule has 0 aromatic rings. The third kappa shape index (κ3) is 7.67. The molecule has 2 amide bonds. The second-order valence-electron chi connectivity index (χ2n) is 4.88. The maximum Gasteiger partial charge on any atom is 0.315 e. The molecule has 0 aromatic carbocycles. The van der Waals surface area contributed by atoms with Gasteiger partial charge in [0.25, 0.3) is 0 Å². The Hall–Kier alpha value is -1.60. The Balaban J connectivity index is 1.97. The van der Waals surface area contributed by atoms with Gasteiger partial charge in [0.15, 0.2) is 0 Å². The third-order valence-electron chi connectivity index (χ3n) is 3.15. The molecule has 0 heterocycles. The van der Waals surface area contributed by atoms with Crippen LogP contribution in [0.15, 0.2) is 12.2 Å². The lowest BCUT2D eigenvalue weighted by atomic mass is 10.1. The second-order valence-corrected chi connectivity index (χ2v) is 4.88. The maximum absolute atomic E-state index is 11.6. The lowest BCUT2D eigenvalue weighted by molar-refractivity contribution is -0.140. The van der Waals surface area contributed by atoms with Crippen LogP contribution < -0.4 is 10.6 Å². The zero-order valence-electron chi connectivity index (χ0n) is 12.3. The van der Waals surface area contributed by atoms with Gasteiger partial charge in [-0.3, -0.25) is 4.79 Å². The number of carboxylic acids is 1. The number of unbranched alkanes of at least 4 members (excludes halogenated alkanes) is 1. The van der Waals surface area contributed by atoms with Crippen molar-refractivity contribution in [1.29, 1.82) is 0 Å². The Labute approximate surface area is 124 Å². The van der Waals surface area contributed by atoms with Crippen molar-refractivity contribution < 1.29 is 24.2 Å². The predicted molar refractivity (Wildman–Crippen MR) is 77.1 cm³/mol. The SMILES string of the molecule is COCCOCCCCNC(=O)NC1C=CC(C(=O)O)C1. The van der Waals surface area contributed by atoms with Gasteiger partial charge in [-0.25, -0.2) is 4.79 Å². The zero-order valence-corrected chi connectivity index (χ0v) is 12.3. The first-order valence-electron chi connectivity index (χ1n) is 7.15. The van der Waals surface area contributed by atoms with Crippen LogP contribution in [0, 0.1) is 5.92 Å². The van der Waals surface area contributed by atoms with Gasteiger partial charge in [0.05, 0.1) is 25.2 Å². The highest BCUT2D eigenvalue weighted by Crippen LogP contribution is 2.17. The molecule has 0 bridgehead atoms. The lowest BCUT2D eigenvalue weighted by Gasteiger charge is -2.13. The van der Waals surface area contributed by atoms with E-state index in [4.69, 9.17) is 14.6 Å². The minimum Gasteiger partial charge on any atom is -0.481 e. The molecule has 21 heavy (non-hydrogen) atoms. The molecular weight excluding hydrogens is 276 g/mol. The first-order chi connectivity index (χ1) is 10.1. The van der Waals surface area contributed by atoms with Gasteiger partial charge in [0.1, 0.15) is 0 Å². The van der Waals surface area contributed by atoms with Crippen molar-refractivity contribution >= 4 is 12.0 Å². The van der Waals surface area contributed by atoms with Crippen LogP contribution >= 0.6 is 0 Å². The Kier molecular flexibility index (Phi) is 8.45. The Morgan fingerprint density at radius 2 is 2.05 bits per heavy atom. The number of carbonyl (C=O) groups excluding carboxylic acids is 1. The highest BCUT2D eigenvalue weighted by atomic mass is 16.5. The van der Waals surface area contributed by atoms with Gasteiger partial charge in [-0.1, -0.05) is 12.2 Å². The van der Waals surface area contributed by atoms with E-state index in [0.29, 0.717) is 32.8 Å². The van der Waals surface area contributed by atoms with Crippen molar-refractivity contribution in [3.05, 3.63) is 12.2 Å². The number of ether oxygens (including phenoxy) is 2. The molecule has 0 aliphatic heterocycles. The number of carbonyl (C=O) groups is 2. The summed E-state index contributed by atoms with van der Waals surface area (Å²) in [5.41, 5.74) is 0. The minimum atomic E-state index is -0.857. The summed E-state index contributed by atoms with van der Waals surface area (Å²) >= 11 is 0. The van der Waals surface area contributed by atoms with Crippen molar-refractivity contribution in [2.24, 2.45) is 5.92 Å². The normalized spacial score (nSPS) is 20.4. The van der Waals surface area contributed by atoms with Crippen LogP contribution in [0.5, 0.6) is 0 Å². The summed E-state index contributed by atoms with van der Waals surface area (Å²) in [5, 5.41) is 14.3. The number of rotatable bonds is 10.